The molecule has 0 amide bonds. The highest BCUT2D eigenvalue weighted by Gasteiger charge is 2.19. The topological polar surface area (TPSA) is 43.6 Å². The Balaban J connectivity index is 2.32. The van der Waals surface area contributed by atoms with E-state index < -0.39 is 5.82 Å². The highest BCUT2D eigenvalue weighted by Crippen LogP contribution is 2.36. The molecule has 0 unspecified atom stereocenters. The number of pyridine rings is 1. The van der Waals surface area contributed by atoms with E-state index in [0.29, 0.717) is 16.3 Å². The van der Waals surface area contributed by atoms with E-state index in [1.54, 1.807) is 12.1 Å². The van der Waals surface area contributed by atoms with Crippen molar-refractivity contribution in [3.05, 3.63) is 57.8 Å². The molecule has 0 aliphatic carbocycles. The maximum absolute atomic E-state index is 14.5. The van der Waals surface area contributed by atoms with Gasteiger partial charge >= 0.3 is 0 Å². The van der Waals surface area contributed by atoms with Crippen molar-refractivity contribution in [2.75, 3.05) is 0 Å². The van der Waals surface area contributed by atoms with Gasteiger partial charge in [-0.05, 0) is 18.2 Å². The second-order valence-corrected chi connectivity index (χ2v) is 5.30. The van der Waals surface area contributed by atoms with E-state index in [9.17, 15) is 4.39 Å². The number of halogens is 4. The summed E-state index contributed by atoms with van der Waals surface area (Å²) in [5, 5.41) is 7.99. The lowest BCUT2D eigenvalue weighted by Gasteiger charge is -2.12. The number of hydrogen-bond acceptors (Lipinski definition) is 3. The van der Waals surface area contributed by atoms with Crippen molar-refractivity contribution in [1.29, 1.82) is 0 Å². The Labute approximate surface area is 134 Å². The Morgan fingerprint density at radius 2 is 1.86 bits per heavy atom. The lowest BCUT2D eigenvalue weighted by molar-refractivity contribution is 0.629. The van der Waals surface area contributed by atoms with Gasteiger partial charge in [-0.15, -0.1) is 5.10 Å². The van der Waals surface area contributed by atoms with E-state index in [1.807, 2.05) is 0 Å². The molecule has 0 atom stereocenters. The molecule has 0 radical (unpaired) electrons. The number of rotatable bonds is 2. The molecular formula is C13H6Cl3FN4. The molecule has 8 heteroatoms. The second kappa shape index (κ2) is 5.60. The molecular weight excluding hydrogens is 338 g/mol. The van der Waals surface area contributed by atoms with Crippen molar-refractivity contribution in [2.45, 2.75) is 0 Å². The zero-order valence-corrected chi connectivity index (χ0v) is 12.5. The minimum atomic E-state index is -0.603. The van der Waals surface area contributed by atoms with Crippen LogP contribution in [-0.4, -0.2) is 20.0 Å². The lowest BCUT2D eigenvalue weighted by Crippen LogP contribution is -2.01. The van der Waals surface area contributed by atoms with Crippen molar-refractivity contribution in [3.63, 3.8) is 0 Å². The SMILES string of the molecule is Fc1c(Cl)ccc(-n2cc(Cl)nn2)c1-c1ccncc1Cl. The summed E-state index contributed by atoms with van der Waals surface area (Å²) in [4.78, 5) is 3.89. The maximum atomic E-state index is 14.5. The van der Waals surface area contributed by atoms with Crippen molar-refractivity contribution < 1.29 is 4.39 Å². The number of nitrogens with zero attached hydrogens (tertiary/aromatic N) is 4. The Kier molecular flexibility index (Phi) is 3.80. The Hall–Kier alpha value is -1.69. The first kappa shape index (κ1) is 14.3. The molecule has 0 fully saturated rings. The van der Waals surface area contributed by atoms with E-state index in [-0.39, 0.29) is 15.7 Å². The van der Waals surface area contributed by atoms with Gasteiger partial charge in [-0.3, -0.25) is 4.98 Å². The summed E-state index contributed by atoms with van der Waals surface area (Å²) in [6, 6.07) is 4.64. The number of hydrogen-bond donors (Lipinski definition) is 0. The van der Waals surface area contributed by atoms with Crippen LogP contribution in [0.15, 0.2) is 36.8 Å². The zero-order chi connectivity index (χ0) is 15.0. The molecule has 3 aromatic rings. The van der Waals surface area contributed by atoms with E-state index in [4.69, 9.17) is 34.8 Å². The molecule has 2 heterocycles. The molecule has 0 N–H and O–H groups in total. The molecule has 0 saturated carbocycles. The molecule has 21 heavy (non-hydrogen) atoms. The van der Waals surface area contributed by atoms with Crippen molar-refractivity contribution in [2.24, 2.45) is 0 Å². The van der Waals surface area contributed by atoms with E-state index in [0.717, 1.165) is 0 Å². The first-order valence-electron chi connectivity index (χ1n) is 5.74. The van der Waals surface area contributed by atoms with Crippen LogP contribution in [0.5, 0.6) is 0 Å². The molecule has 0 bridgehead atoms. The fourth-order valence-electron chi connectivity index (χ4n) is 1.93. The first-order valence-corrected chi connectivity index (χ1v) is 6.87. The van der Waals surface area contributed by atoms with Gasteiger partial charge in [-0.2, -0.15) is 0 Å². The summed E-state index contributed by atoms with van der Waals surface area (Å²) in [5.41, 5.74) is 1.08. The van der Waals surface area contributed by atoms with Crippen LogP contribution in [0.1, 0.15) is 0 Å². The monoisotopic (exact) mass is 342 g/mol. The highest BCUT2D eigenvalue weighted by molar-refractivity contribution is 6.34. The minimum Gasteiger partial charge on any atom is -0.263 e. The highest BCUT2D eigenvalue weighted by atomic mass is 35.5. The average Bonchev–Trinajstić information content (AvgIpc) is 2.89. The van der Waals surface area contributed by atoms with Gasteiger partial charge in [0, 0.05) is 23.5 Å². The summed E-state index contributed by atoms with van der Waals surface area (Å²) in [7, 11) is 0. The smallest absolute Gasteiger partial charge is 0.171 e. The van der Waals surface area contributed by atoms with Crippen LogP contribution in [-0.2, 0) is 0 Å². The van der Waals surface area contributed by atoms with Crippen LogP contribution in [0.4, 0.5) is 4.39 Å². The molecule has 0 aliphatic heterocycles. The molecule has 106 valence electrons. The van der Waals surface area contributed by atoms with Gasteiger partial charge in [-0.1, -0.05) is 40.0 Å². The molecule has 0 aliphatic rings. The van der Waals surface area contributed by atoms with Crippen LogP contribution in [0, 0.1) is 5.82 Å². The normalized spacial score (nSPS) is 10.9. The van der Waals surface area contributed by atoms with Gasteiger partial charge in [-0.25, -0.2) is 9.07 Å². The molecule has 0 saturated heterocycles. The molecule has 0 spiro atoms. The fraction of sp³-hybridized carbons (Fsp3) is 0. The standard InChI is InChI=1S/C13H6Cl3FN4/c14-8-1-2-10(21-6-11(16)19-20-21)12(13(8)17)7-3-4-18-5-9(7)15/h1-6H. The lowest BCUT2D eigenvalue weighted by atomic mass is 10.0. The Morgan fingerprint density at radius 1 is 1.05 bits per heavy atom. The molecule has 2 aromatic heterocycles. The van der Waals surface area contributed by atoms with Crippen molar-refractivity contribution >= 4 is 34.8 Å². The first-order chi connectivity index (χ1) is 10.1. The van der Waals surface area contributed by atoms with E-state index >= 15 is 0 Å². The molecule has 3 rings (SSSR count). The molecule has 4 nitrogen and oxygen atoms in total. The fourth-order valence-corrected chi connectivity index (χ4v) is 2.42. The van der Waals surface area contributed by atoms with Gasteiger partial charge in [0.05, 0.1) is 21.9 Å². The van der Waals surface area contributed by atoms with Crippen LogP contribution in [0.25, 0.3) is 16.8 Å². The third-order valence-corrected chi connectivity index (χ3v) is 3.59. The Bertz CT molecular complexity index is 819. The summed E-state index contributed by atoms with van der Waals surface area (Å²) in [6.45, 7) is 0. The van der Waals surface area contributed by atoms with Gasteiger partial charge in [0.1, 0.15) is 0 Å². The average molecular weight is 344 g/mol. The largest absolute Gasteiger partial charge is 0.263 e. The van der Waals surface area contributed by atoms with Crippen molar-refractivity contribution in [1.82, 2.24) is 20.0 Å². The van der Waals surface area contributed by atoms with E-state index in [2.05, 4.69) is 15.3 Å². The quantitative estimate of drug-likeness (QED) is 0.691. The minimum absolute atomic E-state index is 0.0205. The third-order valence-electron chi connectivity index (χ3n) is 2.83. The van der Waals surface area contributed by atoms with Crippen LogP contribution >= 0.6 is 34.8 Å². The predicted molar refractivity (Wildman–Crippen MR) is 79.6 cm³/mol. The van der Waals surface area contributed by atoms with Gasteiger partial charge in [0.2, 0.25) is 0 Å². The maximum Gasteiger partial charge on any atom is 0.171 e. The van der Waals surface area contributed by atoms with Gasteiger partial charge < -0.3 is 0 Å². The second-order valence-electron chi connectivity index (χ2n) is 4.10. The summed E-state index contributed by atoms with van der Waals surface area (Å²) >= 11 is 17.7. The van der Waals surface area contributed by atoms with Crippen molar-refractivity contribution in [3.8, 4) is 16.8 Å². The summed E-state index contributed by atoms with van der Waals surface area (Å²) < 4.78 is 15.9. The Morgan fingerprint density at radius 3 is 2.52 bits per heavy atom. The van der Waals surface area contributed by atoms with Crippen LogP contribution in [0.3, 0.4) is 0 Å². The zero-order valence-electron chi connectivity index (χ0n) is 10.3. The predicted octanol–water partition coefficient (Wildman–Crippen LogP) is 4.43. The number of aromatic nitrogens is 4. The van der Waals surface area contributed by atoms with Crippen LogP contribution < -0.4 is 0 Å². The van der Waals surface area contributed by atoms with Crippen LogP contribution in [0.2, 0.25) is 15.2 Å². The van der Waals surface area contributed by atoms with E-state index in [1.165, 1.54) is 29.3 Å². The summed E-state index contributed by atoms with van der Waals surface area (Å²) in [6.07, 6.45) is 4.40. The summed E-state index contributed by atoms with van der Waals surface area (Å²) in [5.74, 6) is -0.603. The van der Waals surface area contributed by atoms with Gasteiger partial charge in [0.15, 0.2) is 11.0 Å². The number of benzene rings is 1. The molecule has 1 aromatic carbocycles. The third kappa shape index (κ3) is 2.60. The van der Waals surface area contributed by atoms with Gasteiger partial charge in [0.25, 0.3) is 0 Å².